The Balaban J connectivity index is 2.02. The summed E-state index contributed by atoms with van der Waals surface area (Å²) in [5.74, 6) is 0.489. The third kappa shape index (κ3) is 2.98. The van der Waals surface area contributed by atoms with Gasteiger partial charge in [0.2, 0.25) is 5.76 Å². The van der Waals surface area contributed by atoms with Crippen LogP contribution in [0.3, 0.4) is 0 Å². The van der Waals surface area contributed by atoms with Crippen molar-refractivity contribution in [2.24, 2.45) is 0 Å². The number of carbonyl (C=O) groups is 1. The minimum absolute atomic E-state index is 0.135. The summed E-state index contributed by atoms with van der Waals surface area (Å²) in [4.78, 5) is 11.5. The molecule has 0 atom stereocenters. The fraction of sp³-hybridized carbons (Fsp3) is 0.643. The molecule has 0 aliphatic heterocycles. The molecule has 106 valence electrons. The van der Waals surface area contributed by atoms with Gasteiger partial charge < -0.3 is 19.6 Å². The summed E-state index contributed by atoms with van der Waals surface area (Å²) in [7, 11) is 1.33. The molecule has 1 saturated carbocycles. The van der Waals surface area contributed by atoms with Crippen LogP contribution in [-0.4, -0.2) is 30.3 Å². The first kappa shape index (κ1) is 14.1. The van der Waals surface area contributed by atoms with Crippen molar-refractivity contribution < 1.29 is 19.1 Å². The van der Waals surface area contributed by atoms with Crippen molar-refractivity contribution in [3.05, 3.63) is 23.2 Å². The highest BCUT2D eigenvalue weighted by atomic mass is 16.5. The number of carbonyl (C=O) groups excluding carboxylic acids is 1. The first-order valence-corrected chi connectivity index (χ1v) is 6.64. The van der Waals surface area contributed by atoms with Crippen LogP contribution in [0.25, 0.3) is 0 Å². The number of methoxy groups -OCH3 is 1. The highest BCUT2D eigenvalue weighted by molar-refractivity contribution is 5.87. The number of aliphatic hydroxyl groups is 1. The lowest BCUT2D eigenvalue weighted by molar-refractivity contribution is 0.0561. The van der Waals surface area contributed by atoms with Gasteiger partial charge >= 0.3 is 5.97 Å². The molecule has 19 heavy (non-hydrogen) atoms. The minimum Gasteiger partial charge on any atom is -0.463 e. The van der Waals surface area contributed by atoms with Crippen LogP contribution in [0.15, 0.2) is 10.5 Å². The number of esters is 1. The van der Waals surface area contributed by atoms with Crippen molar-refractivity contribution in [1.29, 1.82) is 0 Å². The predicted molar refractivity (Wildman–Crippen MR) is 69.9 cm³/mol. The number of hydrogen-bond donors (Lipinski definition) is 2. The van der Waals surface area contributed by atoms with E-state index in [2.05, 4.69) is 10.1 Å². The molecule has 0 amide bonds. The Hall–Kier alpha value is -1.33. The molecule has 0 spiro atoms. The summed E-state index contributed by atoms with van der Waals surface area (Å²) >= 11 is 0. The van der Waals surface area contributed by atoms with Gasteiger partial charge in [-0.15, -0.1) is 0 Å². The summed E-state index contributed by atoms with van der Waals surface area (Å²) in [6, 6.07) is 1.83. The zero-order valence-electron chi connectivity index (χ0n) is 11.5. The SMILES string of the molecule is COC(=O)c1oc(CNC2(CO)CCCC2)cc1C. The average Bonchev–Trinajstić information content (AvgIpc) is 3.03. The second kappa shape index (κ2) is 5.75. The smallest absolute Gasteiger partial charge is 0.374 e. The lowest BCUT2D eigenvalue weighted by Crippen LogP contribution is -2.45. The fourth-order valence-corrected chi connectivity index (χ4v) is 2.65. The monoisotopic (exact) mass is 267 g/mol. The van der Waals surface area contributed by atoms with Gasteiger partial charge in [-0.3, -0.25) is 0 Å². The van der Waals surface area contributed by atoms with Gasteiger partial charge in [0.15, 0.2) is 0 Å². The molecule has 0 bridgehead atoms. The van der Waals surface area contributed by atoms with Gasteiger partial charge in [0.1, 0.15) is 5.76 Å². The van der Waals surface area contributed by atoms with Crippen molar-refractivity contribution in [3.63, 3.8) is 0 Å². The highest BCUT2D eigenvalue weighted by Crippen LogP contribution is 2.29. The van der Waals surface area contributed by atoms with E-state index in [9.17, 15) is 9.90 Å². The Morgan fingerprint density at radius 1 is 1.53 bits per heavy atom. The van der Waals surface area contributed by atoms with E-state index in [0.717, 1.165) is 31.2 Å². The van der Waals surface area contributed by atoms with Crippen LogP contribution in [0, 0.1) is 6.92 Å². The molecule has 0 aromatic carbocycles. The molecule has 1 heterocycles. The Kier molecular flexibility index (Phi) is 4.27. The molecule has 1 fully saturated rings. The molecular formula is C14H21NO4. The second-order valence-corrected chi connectivity index (χ2v) is 5.22. The fourth-order valence-electron chi connectivity index (χ4n) is 2.65. The summed E-state index contributed by atoms with van der Waals surface area (Å²) < 4.78 is 10.2. The van der Waals surface area contributed by atoms with Gasteiger partial charge in [0.05, 0.1) is 20.3 Å². The van der Waals surface area contributed by atoms with E-state index in [1.165, 1.54) is 7.11 Å². The van der Waals surface area contributed by atoms with Crippen molar-refractivity contribution >= 4 is 5.97 Å². The van der Waals surface area contributed by atoms with Crippen molar-refractivity contribution in [1.82, 2.24) is 5.32 Å². The molecule has 1 aliphatic rings. The summed E-state index contributed by atoms with van der Waals surface area (Å²) in [6.45, 7) is 2.46. The maximum absolute atomic E-state index is 11.5. The first-order valence-electron chi connectivity index (χ1n) is 6.64. The Morgan fingerprint density at radius 2 is 2.21 bits per heavy atom. The number of aliphatic hydroxyl groups excluding tert-OH is 1. The zero-order valence-corrected chi connectivity index (χ0v) is 11.5. The number of nitrogens with one attached hydrogen (secondary N) is 1. The van der Waals surface area contributed by atoms with Crippen LogP contribution in [0.4, 0.5) is 0 Å². The zero-order chi connectivity index (χ0) is 13.9. The van der Waals surface area contributed by atoms with Gasteiger partial charge in [0, 0.05) is 11.1 Å². The average molecular weight is 267 g/mol. The van der Waals surface area contributed by atoms with E-state index in [1.54, 1.807) is 0 Å². The third-order valence-electron chi connectivity index (χ3n) is 3.84. The quantitative estimate of drug-likeness (QED) is 0.795. The Bertz CT molecular complexity index is 446. The van der Waals surface area contributed by atoms with E-state index < -0.39 is 5.97 Å². The second-order valence-electron chi connectivity index (χ2n) is 5.22. The van der Waals surface area contributed by atoms with Gasteiger partial charge in [-0.05, 0) is 25.8 Å². The molecule has 0 unspecified atom stereocenters. The summed E-state index contributed by atoms with van der Waals surface area (Å²) in [5, 5.41) is 12.9. The highest BCUT2D eigenvalue weighted by Gasteiger charge is 2.32. The standard InChI is InChI=1S/C14H21NO4/c1-10-7-11(19-12(10)13(17)18-2)8-15-14(9-16)5-3-4-6-14/h7,15-16H,3-6,8-9H2,1-2H3. The van der Waals surface area contributed by atoms with E-state index in [-0.39, 0.29) is 17.9 Å². The molecule has 5 nitrogen and oxygen atoms in total. The van der Waals surface area contributed by atoms with Crippen LogP contribution in [0.1, 0.15) is 47.6 Å². The Labute approximate surface area is 112 Å². The van der Waals surface area contributed by atoms with Crippen molar-refractivity contribution in [3.8, 4) is 0 Å². The minimum atomic E-state index is -0.457. The summed E-state index contributed by atoms with van der Waals surface area (Å²) in [6.07, 6.45) is 4.23. The maximum atomic E-state index is 11.5. The van der Waals surface area contributed by atoms with E-state index >= 15 is 0 Å². The predicted octanol–water partition coefficient (Wildman–Crippen LogP) is 1.77. The van der Waals surface area contributed by atoms with Crippen LogP contribution < -0.4 is 5.32 Å². The molecule has 5 heteroatoms. The lowest BCUT2D eigenvalue weighted by atomic mass is 9.99. The molecule has 0 radical (unpaired) electrons. The molecule has 1 aromatic rings. The summed E-state index contributed by atoms with van der Waals surface area (Å²) in [5.41, 5.74) is 0.583. The molecule has 1 aliphatic carbocycles. The Morgan fingerprint density at radius 3 is 2.79 bits per heavy atom. The van der Waals surface area contributed by atoms with E-state index in [1.807, 2.05) is 13.0 Å². The molecular weight excluding hydrogens is 246 g/mol. The van der Waals surface area contributed by atoms with Gasteiger partial charge in [0.25, 0.3) is 0 Å². The topological polar surface area (TPSA) is 71.7 Å². The lowest BCUT2D eigenvalue weighted by Gasteiger charge is -2.27. The number of hydrogen-bond acceptors (Lipinski definition) is 5. The van der Waals surface area contributed by atoms with Gasteiger partial charge in [-0.2, -0.15) is 0 Å². The molecule has 2 N–H and O–H groups in total. The van der Waals surface area contributed by atoms with Gasteiger partial charge in [-0.1, -0.05) is 12.8 Å². The third-order valence-corrected chi connectivity index (χ3v) is 3.84. The molecule has 1 aromatic heterocycles. The number of rotatable bonds is 5. The van der Waals surface area contributed by atoms with Crippen LogP contribution >= 0.6 is 0 Å². The largest absolute Gasteiger partial charge is 0.463 e. The van der Waals surface area contributed by atoms with Crippen LogP contribution in [0.5, 0.6) is 0 Å². The van der Waals surface area contributed by atoms with Crippen LogP contribution in [0.2, 0.25) is 0 Å². The maximum Gasteiger partial charge on any atom is 0.374 e. The van der Waals surface area contributed by atoms with E-state index in [0.29, 0.717) is 12.3 Å². The number of aryl methyl sites for hydroxylation is 1. The number of furan rings is 1. The van der Waals surface area contributed by atoms with Crippen molar-refractivity contribution in [2.45, 2.75) is 44.7 Å². The van der Waals surface area contributed by atoms with E-state index in [4.69, 9.17) is 4.42 Å². The number of ether oxygens (including phenoxy) is 1. The normalized spacial score (nSPS) is 17.6. The van der Waals surface area contributed by atoms with Crippen LogP contribution in [-0.2, 0) is 11.3 Å². The van der Waals surface area contributed by atoms with Crippen molar-refractivity contribution in [2.75, 3.05) is 13.7 Å². The molecule has 0 saturated heterocycles. The first-order chi connectivity index (χ1) is 9.10. The van der Waals surface area contributed by atoms with Gasteiger partial charge in [-0.25, -0.2) is 4.79 Å². The molecule has 2 rings (SSSR count).